The van der Waals surface area contributed by atoms with Gasteiger partial charge in [-0.2, -0.15) is 0 Å². The summed E-state index contributed by atoms with van der Waals surface area (Å²) in [6.45, 7) is 4.03. The number of halogens is 3. The molecule has 0 spiro atoms. The number of nitrogens with one attached hydrogen (secondary N) is 3. The molecule has 1 saturated heterocycles. The molecule has 1 aromatic carbocycles. The highest BCUT2D eigenvalue weighted by atomic mass is 35.5. The average molecular weight is 405 g/mol. The van der Waals surface area contributed by atoms with Crippen LogP contribution < -0.4 is 20.9 Å². The molecule has 4 amide bonds. The molecule has 1 heterocycles. The minimum Gasteiger partial charge on any atom is -0.355 e. The molecule has 1 unspecified atom stereocenters. The van der Waals surface area contributed by atoms with E-state index in [1.54, 1.807) is 0 Å². The molecular weight excluding hydrogens is 382 g/mol. The predicted octanol–water partition coefficient (Wildman–Crippen LogP) is 1.71. The van der Waals surface area contributed by atoms with Crippen LogP contribution in [-0.4, -0.2) is 43.5 Å². The van der Waals surface area contributed by atoms with Gasteiger partial charge in [-0.15, -0.1) is 12.4 Å². The van der Waals surface area contributed by atoms with Crippen LogP contribution in [0, 0.1) is 11.6 Å². The van der Waals surface area contributed by atoms with Gasteiger partial charge in [0.15, 0.2) is 0 Å². The number of rotatable bonds is 9. The number of urea groups is 1. The number of nitrogens with zero attached hydrogens (tertiary/aromatic N) is 1. The summed E-state index contributed by atoms with van der Waals surface area (Å²) in [6.07, 6.45) is 1.14. The van der Waals surface area contributed by atoms with Crippen LogP contribution in [0.5, 0.6) is 0 Å². The van der Waals surface area contributed by atoms with Crippen molar-refractivity contribution < 1.29 is 23.2 Å². The second kappa shape index (κ2) is 10.8. The number of hydrogen-bond donors (Lipinski definition) is 3. The van der Waals surface area contributed by atoms with Crippen LogP contribution in [0.15, 0.2) is 18.2 Å². The summed E-state index contributed by atoms with van der Waals surface area (Å²) in [5, 5.41) is 8.27. The zero-order chi connectivity index (χ0) is 19.1. The zero-order valence-electron chi connectivity index (χ0n) is 14.9. The Morgan fingerprint density at radius 3 is 2.63 bits per heavy atom. The lowest BCUT2D eigenvalue weighted by Crippen LogP contribution is -2.35. The van der Waals surface area contributed by atoms with Crippen molar-refractivity contribution in [2.75, 3.05) is 24.5 Å². The Hall–Kier alpha value is -2.26. The van der Waals surface area contributed by atoms with Gasteiger partial charge < -0.3 is 16.0 Å². The monoisotopic (exact) mass is 404 g/mol. The first-order valence-corrected chi connectivity index (χ1v) is 8.51. The molecule has 1 aromatic rings. The van der Waals surface area contributed by atoms with Gasteiger partial charge in [0.2, 0.25) is 5.91 Å². The Morgan fingerprint density at radius 1 is 1.22 bits per heavy atom. The van der Waals surface area contributed by atoms with Crippen LogP contribution in [0.2, 0.25) is 0 Å². The molecule has 150 valence electrons. The molecule has 0 aliphatic carbocycles. The fraction of sp³-hybridized carbons (Fsp3) is 0.471. The van der Waals surface area contributed by atoms with Crippen molar-refractivity contribution in [3.8, 4) is 0 Å². The molecule has 3 N–H and O–H groups in total. The molecule has 2 rings (SSSR count). The van der Waals surface area contributed by atoms with Gasteiger partial charge in [0, 0.05) is 25.6 Å². The van der Waals surface area contributed by atoms with Gasteiger partial charge in [0.1, 0.15) is 17.7 Å². The first-order valence-electron chi connectivity index (χ1n) is 8.51. The van der Waals surface area contributed by atoms with Crippen molar-refractivity contribution in [3.05, 3.63) is 29.8 Å². The normalized spacial score (nSPS) is 16.1. The summed E-state index contributed by atoms with van der Waals surface area (Å²) in [4.78, 5) is 36.7. The topological polar surface area (TPSA) is 90.5 Å². The van der Waals surface area contributed by atoms with Gasteiger partial charge in [-0.25, -0.2) is 18.5 Å². The lowest BCUT2D eigenvalue weighted by molar-refractivity contribution is -0.121. The van der Waals surface area contributed by atoms with Gasteiger partial charge in [0.25, 0.3) is 5.91 Å². The summed E-state index contributed by atoms with van der Waals surface area (Å²) < 4.78 is 26.8. The van der Waals surface area contributed by atoms with E-state index in [1.807, 2.05) is 6.92 Å². The maximum Gasteiger partial charge on any atom is 0.329 e. The first kappa shape index (κ1) is 22.8. The van der Waals surface area contributed by atoms with Gasteiger partial charge >= 0.3 is 6.03 Å². The molecule has 27 heavy (non-hydrogen) atoms. The van der Waals surface area contributed by atoms with Crippen LogP contribution in [0.25, 0.3) is 0 Å². The van der Waals surface area contributed by atoms with E-state index in [0.29, 0.717) is 24.1 Å². The Kier molecular flexibility index (Phi) is 9.10. The maximum absolute atomic E-state index is 13.8. The van der Waals surface area contributed by atoms with Crippen molar-refractivity contribution in [1.29, 1.82) is 0 Å². The third-order valence-electron chi connectivity index (χ3n) is 3.88. The van der Waals surface area contributed by atoms with Crippen LogP contribution in [0.4, 0.5) is 19.3 Å². The Bertz CT molecular complexity index is 690. The molecule has 0 saturated carbocycles. The van der Waals surface area contributed by atoms with Crippen molar-refractivity contribution in [1.82, 2.24) is 16.0 Å². The highest BCUT2D eigenvalue weighted by molar-refractivity contribution is 6.21. The largest absolute Gasteiger partial charge is 0.355 e. The number of carbonyl (C=O) groups excluding carboxylic acids is 3. The van der Waals surface area contributed by atoms with Gasteiger partial charge in [0.05, 0.1) is 5.69 Å². The molecule has 0 aromatic heterocycles. The fourth-order valence-electron chi connectivity index (χ4n) is 2.57. The van der Waals surface area contributed by atoms with Crippen LogP contribution in [-0.2, 0) is 9.59 Å². The number of anilines is 1. The van der Waals surface area contributed by atoms with E-state index in [1.165, 1.54) is 0 Å². The number of benzene rings is 1. The zero-order valence-corrected chi connectivity index (χ0v) is 15.7. The molecule has 7 nitrogen and oxygen atoms in total. The third-order valence-corrected chi connectivity index (χ3v) is 3.88. The summed E-state index contributed by atoms with van der Waals surface area (Å²) in [7, 11) is 0. The molecule has 1 aliphatic heterocycles. The molecule has 0 radical (unpaired) electrons. The molecule has 1 aliphatic rings. The van der Waals surface area contributed by atoms with Crippen molar-refractivity contribution in [2.24, 2.45) is 0 Å². The summed E-state index contributed by atoms with van der Waals surface area (Å²) in [5.41, 5.74) is -0.317. The fourth-order valence-corrected chi connectivity index (χ4v) is 2.57. The first-order chi connectivity index (χ1) is 12.4. The molecule has 1 atom stereocenters. The summed E-state index contributed by atoms with van der Waals surface area (Å²) in [6, 6.07) is 0.876. The van der Waals surface area contributed by atoms with E-state index in [0.717, 1.165) is 25.1 Å². The maximum atomic E-state index is 13.8. The SMILES string of the molecule is CCCNCCNC(=O)CCC1NC(=O)N(c2ccc(F)cc2F)C1=O.Cl. The smallest absolute Gasteiger partial charge is 0.329 e. The lowest BCUT2D eigenvalue weighted by atomic mass is 10.1. The molecule has 0 bridgehead atoms. The second-order valence-electron chi connectivity index (χ2n) is 5.91. The van der Waals surface area contributed by atoms with Crippen molar-refractivity contribution in [3.63, 3.8) is 0 Å². The number of imide groups is 1. The molecular formula is C17H23ClF2N4O3. The third kappa shape index (κ3) is 6.14. The Morgan fingerprint density at radius 2 is 1.96 bits per heavy atom. The van der Waals surface area contributed by atoms with Crippen LogP contribution in [0.1, 0.15) is 26.2 Å². The number of carbonyl (C=O) groups is 3. The van der Waals surface area contributed by atoms with Crippen molar-refractivity contribution in [2.45, 2.75) is 32.2 Å². The van der Waals surface area contributed by atoms with Crippen LogP contribution in [0.3, 0.4) is 0 Å². The lowest BCUT2D eigenvalue weighted by Gasteiger charge is -2.14. The van der Waals surface area contributed by atoms with E-state index in [9.17, 15) is 23.2 Å². The van der Waals surface area contributed by atoms with E-state index < -0.39 is 29.6 Å². The highest BCUT2D eigenvalue weighted by Gasteiger charge is 2.40. The molecule has 1 fully saturated rings. The summed E-state index contributed by atoms with van der Waals surface area (Å²) >= 11 is 0. The minimum atomic E-state index is -1.01. The van der Waals surface area contributed by atoms with Crippen molar-refractivity contribution >= 4 is 35.9 Å². The predicted molar refractivity (Wildman–Crippen MR) is 98.8 cm³/mol. The highest BCUT2D eigenvalue weighted by Crippen LogP contribution is 2.24. The van der Waals surface area contributed by atoms with Gasteiger partial charge in [-0.05, 0) is 31.5 Å². The number of amides is 4. The number of hydrogen-bond acceptors (Lipinski definition) is 4. The van der Waals surface area contributed by atoms with E-state index in [2.05, 4.69) is 16.0 Å². The van der Waals surface area contributed by atoms with Gasteiger partial charge in [-0.3, -0.25) is 9.59 Å². The average Bonchev–Trinajstić information content (AvgIpc) is 2.87. The minimum absolute atomic E-state index is 0. The van der Waals surface area contributed by atoms with Crippen LogP contribution >= 0.6 is 12.4 Å². The quantitative estimate of drug-likeness (QED) is 0.431. The Labute approximate surface area is 162 Å². The van der Waals surface area contributed by atoms with Gasteiger partial charge in [-0.1, -0.05) is 6.92 Å². The standard InChI is InChI=1S/C17H22F2N4O3.ClH/c1-2-7-20-8-9-21-15(24)6-4-13-16(25)23(17(26)22-13)14-5-3-11(18)10-12(14)19;/h3,5,10,13,20H,2,4,6-9H2,1H3,(H,21,24)(H,22,26);1H. The van der Waals surface area contributed by atoms with E-state index >= 15 is 0 Å². The van der Waals surface area contributed by atoms with E-state index in [4.69, 9.17) is 0 Å². The second-order valence-corrected chi connectivity index (χ2v) is 5.91. The summed E-state index contributed by atoms with van der Waals surface area (Å²) in [5.74, 6) is -2.72. The molecule has 10 heteroatoms. The Balaban J connectivity index is 0.00000364. The van der Waals surface area contributed by atoms with E-state index in [-0.39, 0.29) is 36.8 Å².